The Balaban J connectivity index is 1.95. The summed E-state index contributed by atoms with van der Waals surface area (Å²) in [6.07, 6.45) is 4.08. The molecule has 3 heteroatoms. The van der Waals surface area contributed by atoms with Crippen molar-refractivity contribution in [3.63, 3.8) is 0 Å². The second-order valence-electron chi connectivity index (χ2n) is 5.34. The van der Waals surface area contributed by atoms with Crippen molar-refractivity contribution >= 4 is 0 Å². The van der Waals surface area contributed by atoms with Gasteiger partial charge >= 0.3 is 0 Å². The molecule has 3 nitrogen and oxygen atoms in total. The predicted octanol–water partition coefficient (Wildman–Crippen LogP) is 1.96. The number of quaternary nitrogens is 1. The monoisotopic (exact) mass is 250 g/mol. The summed E-state index contributed by atoms with van der Waals surface area (Å²) in [7, 11) is 3.39. The summed E-state index contributed by atoms with van der Waals surface area (Å²) in [5.41, 5.74) is 1.27. The highest BCUT2D eigenvalue weighted by Gasteiger charge is 2.23. The smallest absolute Gasteiger partial charge is 0.123 e. The third kappa shape index (κ3) is 3.39. The Kier molecular flexibility index (Phi) is 4.48. The fourth-order valence-corrected chi connectivity index (χ4v) is 2.75. The van der Waals surface area contributed by atoms with Gasteiger partial charge in [0.2, 0.25) is 0 Å². The van der Waals surface area contributed by atoms with Crippen molar-refractivity contribution in [3.8, 4) is 11.5 Å². The minimum atomic E-state index is 0.789. The van der Waals surface area contributed by atoms with Crippen molar-refractivity contribution in [3.05, 3.63) is 23.8 Å². The average molecular weight is 250 g/mol. The number of methoxy groups -OCH3 is 2. The molecular weight excluding hydrogens is 226 g/mol. The Morgan fingerprint density at radius 1 is 1.11 bits per heavy atom. The molecule has 100 valence electrons. The van der Waals surface area contributed by atoms with Gasteiger partial charge in [0, 0.05) is 18.1 Å². The van der Waals surface area contributed by atoms with E-state index in [1.165, 1.54) is 24.8 Å². The Hall–Kier alpha value is -1.22. The summed E-state index contributed by atoms with van der Waals surface area (Å²) in [6, 6.07) is 6.90. The highest BCUT2D eigenvalue weighted by molar-refractivity contribution is 5.38. The largest absolute Gasteiger partial charge is 0.497 e. The SMILES string of the molecule is COc1cc(C[NH2+][C@@H]2CC[C@H](C)C2)cc(OC)c1. The van der Waals surface area contributed by atoms with Crippen LogP contribution in [0.2, 0.25) is 0 Å². The fraction of sp³-hybridized carbons (Fsp3) is 0.600. The molecule has 1 aromatic rings. The van der Waals surface area contributed by atoms with Crippen LogP contribution in [0.3, 0.4) is 0 Å². The molecular formula is C15H24NO2+. The first-order chi connectivity index (χ1) is 8.71. The van der Waals surface area contributed by atoms with E-state index in [-0.39, 0.29) is 0 Å². The first-order valence-electron chi connectivity index (χ1n) is 6.76. The molecule has 1 aliphatic rings. The molecule has 0 saturated heterocycles. The lowest BCUT2D eigenvalue weighted by molar-refractivity contribution is -0.703. The number of hydrogen-bond acceptors (Lipinski definition) is 2. The molecule has 2 rings (SSSR count). The highest BCUT2D eigenvalue weighted by Crippen LogP contribution is 2.23. The number of ether oxygens (including phenoxy) is 2. The quantitative estimate of drug-likeness (QED) is 0.867. The van der Waals surface area contributed by atoms with Crippen LogP contribution >= 0.6 is 0 Å². The highest BCUT2D eigenvalue weighted by atomic mass is 16.5. The van der Waals surface area contributed by atoms with Gasteiger partial charge in [0.15, 0.2) is 0 Å². The average Bonchev–Trinajstić information content (AvgIpc) is 2.81. The number of nitrogens with two attached hydrogens (primary N) is 1. The molecule has 0 aliphatic heterocycles. The topological polar surface area (TPSA) is 35.1 Å². The van der Waals surface area contributed by atoms with Crippen LogP contribution in [-0.2, 0) is 6.54 Å². The van der Waals surface area contributed by atoms with Crippen LogP contribution in [0.25, 0.3) is 0 Å². The lowest BCUT2D eigenvalue weighted by Crippen LogP contribution is -2.88. The van der Waals surface area contributed by atoms with E-state index in [1.54, 1.807) is 14.2 Å². The zero-order valence-corrected chi connectivity index (χ0v) is 11.6. The first-order valence-corrected chi connectivity index (χ1v) is 6.76. The lowest BCUT2D eigenvalue weighted by Gasteiger charge is -2.11. The molecule has 0 radical (unpaired) electrons. The van der Waals surface area contributed by atoms with Crippen molar-refractivity contribution in [1.82, 2.24) is 0 Å². The maximum atomic E-state index is 5.29. The van der Waals surface area contributed by atoms with Gasteiger partial charge in [0.1, 0.15) is 18.0 Å². The Morgan fingerprint density at radius 3 is 2.28 bits per heavy atom. The van der Waals surface area contributed by atoms with Gasteiger partial charge in [-0.05, 0) is 30.9 Å². The van der Waals surface area contributed by atoms with Crippen LogP contribution in [0.1, 0.15) is 31.7 Å². The Bertz CT molecular complexity index is 370. The normalized spacial score (nSPS) is 23.1. The van der Waals surface area contributed by atoms with Crippen molar-refractivity contribution in [2.45, 2.75) is 38.8 Å². The van der Waals surface area contributed by atoms with Gasteiger partial charge in [-0.2, -0.15) is 0 Å². The zero-order chi connectivity index (χ0) is 13.0. The summed E-state index contributed by atoms with van der Waals surface area (Å²) in [5, 5.41) is 2.46. The molecule has 2 N–H and O–H groups in total. The molecule has 1 aromatic carbocycles. The van der Waals surface area contributed by atoms with E-state index in [9.17, 15) is 0 Å². The second kappa shape index (κ2) is 6.10. The predicted molar refractivity (Wildman–Crippen MR) is 72.0 cm³/mol. The molecule has 1 saturated carbocycles. The maximum absolute atomic E-state index is 5.29. The van der Waals surface area contributed by atoms with E-state index in [0.29, 0.717) is 0 Å². The van der Waals surface area contributed by atoms with E-state index in [2.05, 4.69) is 24.4 Å². The first kappa shape index (κ1) is 13.2. The third-order valence-electron chi connectivity index (χ3n) is 3.83. The van der Waals surface area contributed by atoms with Gasteiger partial charge in [0.25, 0.3) is 0 Å². The minimum absolute atomic E-state index is 0.789. The second-order valence-corrected chi connectivity index (χ2v) is 5.34. The summed E-state index contributed by atoms with van der Waals surface area (Å²) < 4.78 is 10.6. The van der Waals surface area contributed by atoms with Crippen molar-refractivity contribution in [2.75, 3.05) is 14.2 Å². The van der Waals surface area contributed by atoms with E-state index in [4.69, 9.17) is 9.47 Å². The van der Waals surface area contributed by atoms with Gasteiger partial charge in [-0.25, -0.2) is 0 Å². The summed E-state index contributed by atoms with van der Waals surface area (Å²) >= 11 is 0. The minimum Gasteiger partial charge on any atom is -0.497 e. The van der Waals surface area contributed by atoms with Gasteiger partial charge in [-0.1, -0.05) is 6.92 Å². The number of rotatable bonds is 5. The van der Waals surface area contributed by atoms with Gasteiger partial charge in [-0.3, -0.25) is 0 Å². The summed E-state index contributed by atoms with van der Waals surface area (Å²) in [5.74, 6) is 2.64. The number of benzene rings is 1. The third-order valence-corrected chi connectivity index (χ3v) is 3.83. The molecule has 0 amide bonds. The fourth-order valence-electron chi connectivity index (χ4n) is 2.75. The van der Waals surface area contributed by atoms with Crippen LogP contribution in [0.15, 0.2) is 18.2 Å². The van der Waals surface area contributed by atoms with E-state index >= 15 is 0 Å². The molecule has 18 heavy (non-hydrogen) atoms. The number of hydrogen-bond donors (Lipinski definition) is 1. The van der Waals surface area contributed by atoms with E-state index in [0.717, 1.165) is 30.0 Å². The maximum Gasteiger partial charge on any atom is 0.123 e. The van der Waals surface area contributed by atoms with Crippen LogP contribution in [0.4, 0.5) is 0 Å². The Morgan fingerprint density at radius 2 is 1.78 bits per heavy atom. The van der Waals surface area contributed by atoms with Crippen molar-refractivity contribution in [1.29, 1.82) is 0 Å². The molecule has 1 fully saturated rings. The molecule has 0 bridgehead atoms. The van der Waals surface area contributed by atoms with Crippen LogP contribution in [-0.4, -0.2) is 20.3 Å². The molecule has 1 aliphatic carbocycles. The van der Waals surface area contributed by atoms with E-state index in [1.807, 2.05) is 6.07 Å². The molecule has 0 aromatic heterocycles. The summed E-state index contributed by atoms with van der Waals surface area (Å²) in [4.78, 5) is 0. The van der Waals surface area contributed by atoms with Crippen LogP contribution in [0, 0.1) is 5.92 Å². The zero-order valence-electron chi connectivity index (χ0n) is 11.6. The van der Waals surface area contributed by atoms with Crippen molar-refractivity contribution < 1.29 is 14.8 Å². The van der Waals surface area contributed by atoms with Gasteiger partial charge < -0.3 is 14.8 Å². The van der Waals surface area contributed by atoms with Crippen LogP contribution in [0.5, 0.6) is 11.5 Å². The van der Waals surface area contributed by atoms with Crippen LogP contribution < -0.4 is 14.8 Å². The van der Waals surface area contributed by atoms with E-state index < -0.39 is 0 Å². The molecule has 0 spiro atoms. The Labute approximate surface area is 109 Å². The molecule has 0 heterocycles. The van der Waals surface area contributed by atoms with Crippen molar-refractivity contribution in [2.24, 2.45) is 5.92 Å². The molecule has 2 atom stereocenters. The van der Waals surface area contributed by atoms with Gasteiger partial charge in [0.05, 0.1) is 20.3 Å². The summed E-state index contributed by atoms with van der Waals surface area (Å²) in [6.45, 7) is 3.35. The standard InChI is InChI=1S/C15H23NO2/c1-11-4-5-13(6-11)16-10-12-7-14(17-2)9-15(8-12)18-3/h7-9,11,13,16H,4-6,10H2,1-3H3/p+1/t11-,13+/m0/s1. The lowest BCUT2D eigenvalue weighted by atomic mass is 10.1. The molecule has 0 unspecified atom stereocenters. The van der Waals surface area contributed by atoms with Gasteiger partial charge in [-0.15, -0.1) is 0 Å².